The number of furan rings is 1. The summed E-state index contributed by atoms with van der Waals surface area (Å²) in [5, 5.41) is 15.8. The molecule has 8 heteroatoms. The fourth-order valence-corrected chi connectivity index (χ4v) is 3.49. The summed E-state index contributed by atoms with van der Waals surface area (Å²) < 4.78 is 15.7. The van der Waals surface area contributed by atoms with Gasteiger partial charge in [0.25, 0.3) is 0 Å². The van der Waals surface area contributed by atoms with Crippen molar-refractivity contribution >= 4 is 23.1 Å². The molecule has 0 saturated carbocycles. The standard InChI is InChI=1S/C18H16N2O5S/c21-17(14-2-1-7-23-14)16-6-4-12(26-16)9-19-18(22)20-11-3-5-13-15(8-11)25-10-24-13/h1-8,17,21H,9-10H2,(H2,19,20,22)/t17-/m0/s1. The molecule has 134 valence electrons. The summed E-state index contributed by atoms with van der Waals surface area (Å²) >= 11 is 1.41. The van der Waals surface area contributed by atoms with Crippen LogP contribution in [0.5, 0.6) is 11.5 Å². The molecule has 1 atom stereocenters. The average molecular weight is 372 g/mol. The summed E-state index contributed by atoms with van der Waals surface area (Å²) in [4.78, 5) is 13.7. The molecule has 0 fully saturated rings. The number of benzene rings is 1. The first-order valence-corrected chi connectivity index (χ1v) is 8.75. The number of nitrogens with one attached hydrogen (secondary N) is 2. The van der Waals surface area contributed by atoms with Gasteiger partial charge in [0, 0.05) is 21.5 Å². The third kappa shape index (κ3) is 3.51. The minimum atomic E-state index is -0.800. The second-order valence-corrected chi connectivity index (χ2v) is 6.80. The van der Waals surface area contributed by atoms with Crippen LogP contribution in [0.15, 0.2) is 53.1 Å². The summed E-state index contributed by atoms with van der Waals surface area (Å²) in [5.41, 5.74) is 0.617. The van der Waals surface area contributed by atoms with Crippen molar-refractivity contribution in [1.82, 2.24) is 5.32 Å². The van der Waals surface area contributed by atoms with Crippen molar-refractivity contribution in [1.29, 1.82) is 0 Å². The van der Waals surface area contributed by atoms with Crippen LogP contribution in [0.1, 0.15) is 21.6 Å². The van der Waals surface area contributed by atoms with Gasteiger partial charge in [-0.1, -0.05) is 0 Å². The van der Waals surface area contributed by atoms with Gasteiger partial charge >= 0.3 is 6.03 Å². The van der Waals surface area contributed by atoms with Crippen LogP contribution in [0.25, 0.3) is 0 Å². The fraction of sp³-hybridized carbons (Fsp3) is 0.167. The molecular formula is C18H16N2O5S. The predicted octanol–water partition coefficient (Wildman–Crippen LogP) is 3.47. The highest BCUT2D eigenvalue weighted by Gasteiger charge is 2.16. The third-order valence-electron chi connectivity index (χ3n) is 3.82. The van der Waals surface area contributed by atoms with Crippen LogP contribution < -0.4 is 20.1 Å². The number of hydrogen-bond donors (Lipinski definition) is 3. The normalized spacial score (nSPS) is 13.4. The lowest BCUT2D eigenvalue weighted by molar-refractivity contribution is 0.174. The van der Waals surface area contributed by atoms with Crippen molar-refractivity contribution in [2.24, 2.45) is 0 Å². The number of fused-ring (bicyclic) bond motifs is 1. The van der Waals surface area contributed by atoms with Crippen molar-refractivity contribution in [2.45, 2.75) is 12.6 Å². The Morgan fingerprint density at radius 3 is 2.92 bits per heavy atom. The second-order valence-electron chi connectivity index (χ2n) is 5.60. The van der Waals surface area contributed by atoms with Gasteiger partial charge in [-0.15, -0.1) is 11.3 Å². The van der Waals surface area contributed by atoms with Gasteiger partial charge in [0.1, 0.15) is 11.9 Å². The van der Waals surface area contributed by atoms with Gasteiger partial charge in [-0.05, 0) is 36.4 Å². The molecule has 0 radical (unpaired) electrons. The van der Waals surface area contributed by atoms with Gasteiger partial charge in [-0.25, -0.2) is 4.79 Å². The molecule has 1 aromatic carbocycles. The zero-order valence-corrected chi connectivity index (χ0v) is 14.4. The van der Waals surface area contributed by atoms with Crippen LogP contribution in [0, 0.1) is 0 Å². The first kappa shape index (κ1) is 16.5. The van der Waals surface area contributed by atoms with E-state index in [9.17, 15) is 9.90 Å². The Morgan fingerprint density at radius 1 is 1.19 bits per heavy atom. The maximum Gasteiger partial charge on any atom is 0.319 e. The number of rotatable bonds is 5. The maximum absolute atomic E-state index is 12.1. The topological polar surface area (TPSA) is 93.0 Å². The Labute approximate surface area is 153 Å². The molecule has 26 heavy (non-hydrogen) atoms. The number of thiophene rings is 1. The minimum absolute atomic E-state index is 0.190. The van der Waals surface area contributed by atoms with Gasteiger partial charge in [0.15, 0.2) is 11.5 Å². The summed E-state index contributed by atoms with van der Waals surface area (Å²) in [7, 11) is 0. The number of urea groups is 1. The molecule has 4 rings (SSSR count). The second kappa shape index (κ2) is 7.11. The van der Waals surface area contributed by atoms with Crippen LogP contribution in [0.4, 0.5) is 10.5 Å². The van der Waals surface area contributed by atoms with Crippen LogP contribution >= 0.6 is 11.3 Å². The smallest absolute Gasteiger partial charge is 0.319 e. The number of ether oxygens (including phenoxy) is 2. The van der Waals surface area contributed by atoms with Crippen LogP contribution in [-0.2, 0) is 6.54 Å². The maximum atomic E-state index is 12.1. The zero-order chi connectivity index (χ0) is 17.9. The molecule has 2 amide bonds. The van der Waals surface area contributed by atoms with Crippen molar-refractivity contribution in [2.75, 3.05) is 12.1 Å². The molecular weight excluding hydrogens is 356 g/mol. The number of anilines is 1. The van der Waals surface area contributed by atoms with E-state index >= 15 is 0 Å². The lowest BCUT2D eigenvalue weighted by Crippen LogP contribution is -2.27. The Kier molecular flexibility index (Phi) is 4.51. The highest BCUT2D eigenvalue weighted by Crippen LogP contribution is 2.34. The van der Waals surface area contributed by atoms with E-state index in [2.05, 4.69) is 10.6 Å². The molecule has 1 aliphatic heterocycles. The van der Waals surface area contributed by atoms with Crippen molar-refractivity contribution < 1.29 is 23.8 Å². The molecule has 2 aromatic heterocycles. The summed E-state index contributed by atoms with van der Waals surface area (Å²) in [6.45, 7) is 0.543. The summed E-state index contributed by atoms with van der Waals surface area (Å²) in [5.74, 6) is 1.77. The Morgan fingerprint density at radius 2 is 2.08 bits per heavy atom. The van der Waals surface area contributed by atoms with Crippen LogP contribution in [0.2, 0.25) is 0 Å². The molecule has 3 N–H and O–H groups in total. The van der Waals surface area contributed by atoms with Crippen molar-refractivity contribution in [3.63, 3.8) is 0 Å². The van der Waals surface area contributed by atoms with E-state index in [1.165, 1.54) is 17.6 Å². The number of amides is 2. The fourth-order valence-electron chi connectivity index (χ4n) is 2.54. The first-order valence-electron chi connectivity index (χ1n) is 7.93. The van der Waals surface area contributed by atoms with E-state index in [0.717, 1.165) is 9.75 Å². The number of aliphatic hydroxyl groups excluding tert-OH is 1. The average Bonchev–Trinajstić information content (AvgIpc) is 3.40. The molecule has 0 unspecified atom stereocenters. The molecule has 3 heterocycles. The highest BCUT2D eigenvalue weighted by atomic mass is 32.1. The van der Waals surface area contributed by atoms with E-state index in [0.29, 0.717) is 29.5 Å². The predicted molar refractivity (Wildman–Crippen MR) is 95.5 cm³/mol. The first-order chi connectivity index (χ1) is 12.7. The van der Waals surface area contributed by atoms with E-state index in [4.69, 9.17) is 13.9 Å². The van der Waals surface area contributed by atoms with Crippen molar-refractivity contribution in [3.05, 3.63) is 64.2 Å². The van der Waals surface area contributed by atoms with Gasteiger partial charge in [-0.2, -0.15) is 0 Å². The van der Waals surface area contributed by atoms with E-state index < -0.39 is 6.10 Å². The Hall–Kier alpha value is -2.97. The third-order valence-corrected chi connectivity index (χ3v) is 4.96. The van der Waals surface area contributed by atoms with Crippen LogP contribution in [0.3, 0.4) is 0 Å². The lowest BCUT2D eigenvalue weighted by atomic mass is 10.2. The molecule has 0 aliphatic carbocycles. The Bertz CT molecular complexity index is 906. The quantitative estimate of drug-likeness (QED) is 0.638. The van der Waals surface area contributed by atoms with Gasteiger partial charge in [0.05, 0.1) is 12.8 Å². The number of aliphatic hydroxyl groups is 1. The summed E-state index contributed by atoms with van der Waals surface area (Å²) in [6, 6.07) is 12.0. The molecule has 0 spiro atoms. The Balaban J connectivity index is 1.32. The minimum Gasteiger partial charge on any atom is -0.466 e. The van der Waals surface area contributed by atoms with Gasteiger partial charge in [-0.3, -0.25) is 0 Å². The largest absolute Gasteiger partial charge is 0.466 e. The van der Waals surface area contributed by atoms with Crippen LogP contribution in [-0.4, -0.2) is 17.9 Å². The van der Waals surface area contributed by atoms with Gasteiger partial charge < -0.3 is 29.6 Å². The molecule has 3 aromatic rings. The SMILES string of the molecule is O=C(NCc1ccc([C@@H](O)c2ccco2)s1)Nc1ccc2c(c1)OCO2. The monoisotopic (exact) mass is 372 g/mol. The summed E-state index contributed by atoms with van der Waals surface area (Å²) in [6.07, 6.45) is 0.723. The van der Waals surface area contributed by atoms with Gasteiger partial charge in [0.2, 0.25) is 6.79 Å². The van der Waals surface area contributed by atoms with Crippen molar-refractivity contribution in [3.8, 4) is 11.5 Å². The number of hydrogen-bond acceptors (Lipinski definition) is 6. The molecule has 0 saturated heterocycles. The zero-order valence-electron chi connectivity index (χ0n) is 13.6. The number of carbonyl (C=O) groups is 1. The van der Waals surface area contributed by atoms with E-state index in [1.54, 1.807) is 30.3 Å². The molecule has 0 bridgehead atoms. The van der Waals surface area contributed by atoms with E-state index in [-0.39, 0.29) is 12.8 Å². The molecule has 7 nitrogen and oxygen atoms in total. The number of carbonyl (C=O) groups excluding carboxylic acids is 1. The lowest BCUT2D eigenvalue weighted by Gasteiger charge is -2.07. The molecule has 1 aliphatic rings. The van der Waals surface area contributed by atoms with E-state index in [1.807, 2.05) is 12.1 Å². The highest BCUT2D eigenvalue weighted by molar-refractivity contribution is 7.12.